The number of thiophene rings is 1. The molecule has 1 fully saturated rings. The van der Waals surface area contributed by atoms with E-state index < -0.39 is 0 Å². The normalized spacial score (nSPS) is 17.2. The van der Waals surface area contributed by atoms with Crippen LogP contribution in [0.3, 0.4) is 0 Å². The van der Waals surface area contributed by atoms with E-state index in [4.69, 9.17) is 12.2 Å². The molecule has 0 bridgehead atoms. The van der Waals surface area contributed by atoms with Gasteiger partial charge in [0.1, 0.15) is 0 Å². The monoisotopic (exact) mass is 382 g/mol. The Balaban J connectivity index is 1.93. The van der Waals surface area contributed by atoms with Gasteiger partial charge in [-0.3, -0.25) is 14.7 Å². The van der Waals surface area contributed by atoms with Gasteiger partial charge in [-0.1, -0.05) is 24.0 Å². The number of nitrogens with zero attached hydrogens (tertiary/aromatic N) is 2. The zero-order valence-corrected chi connectivity index (χ0v) is 14.0. The van der Waals surface area contributed by atoms with Gasteiger partial charge < -0.3 is 0 Å². The number of halogens is 1. The van der Waals surface area contributed by atoms with E-state index in [9.17, 15) is 4.79 Å². The first-order valence-corrected chi connectivity index (χ1v) is 8.42. The van der Waals surface area contributed by atoms with Crippen LogP contribution in [0.1, 0.15) is 4.88 Å². The van der Waals surface area contributed by atoms with E-state index in [0.717, 1.165) is 8.66 Å². The maximum absolute atomic E-state index is 12.4. The van der Waals surface area contributed by atoms with Gasteiger partial charge in [-0.25, -0.2) is 0 Å². The van der Waals surface area contributed by atoms with Crippen LogP contribution in [0.5, 0.6) is 0 Å². The molecule has 3 rings (SSSR count). The Bertz CT molecular complexity index is 711. The molecule has 7 heteroatoms. The molecule has 100 valence electrons. The molecule has 3 heterocycles. The Morgan fingerprint density at radius 1 is 1.35 bits per heavy atom. The predicted octanol–water partition coefficient (Wildman–Crippen LogP) is 4.31. The van der Waals surface area contributed by atoms with Crippen LogP contribution in [0.25, 0.3) is 6.08 Å². The van der Waals surface area contributed by atoms with Crippen LogP contribution in [-0.4, -0.2) is 15.2 Å². The first kappa shape index (κ1) is 13.9. The highest BCUT2D eigenvalue weighted by atomic mass is 79.9. The molecule has 1 aliphatic rings. The number of hydrogen-bond acceptors (Lipinski definition) is 5. The van der Waals surface area contributed by atoms with Gasteiger partial charge in [0.25, 0.3) is 5.91 Å². The third-order valence-corrected chi connectivity index (χ3v) is 5.44. The van der Waals surface area contributed by atoms with Crippen LogP contribution < -0.4 is 4.90 Å². The van der Waals surface area contributed by atoms with Crippen molar-refractivity contribution < 1.29 is 4.79 Å². The topological polar surface area (TPSA) is 33.2 Å². The maximum atomic E-state index is 12.4. The lowest BCUT2D eigenvalue weighted by Gasteiger charge is -2.13. The molecule has 0 spiro atoms. The van der Waals surface area contributed by atoms with Crippen LogP contribution in [-0.2, 0) is 4.79 Å². The molecule has 0 unspecified atom stereocenters. The number of rotatable bonds is 2. The summed E-state index contributed by atoms with van der Waals surface area (Å²) in [7, 11) is 0. The van der Waals surface area contributed by atoms with Crippen LogP contribution in [0.4, 0.5) is 5.69 Å². The molecular formula is C13H7BrN2OS3. The molecule has 1 amide bonds. The van der Waals surface area contributed by atoms with Gasteiger partial charge in [0, 0.05) is 11.1 Å². The molecule has 20 heavy (non-hydrogen) atoms. The molecule has 1 saturated heterocycles. The second-order valence-electron chi connectivity index (χ2n) is 3.87. The predicted molar refractivity (Wildman–Crippen MR) is 91.9 cm³/mol. The van der Waals surface area contributed by atoms with Crippen molar-refractivity contribution >= 4 is 73.2 Å². The average molecular weight is 383 g/mol. The molecule has 0 aromatic carbocycles. The highest BCUT2D eigenvalue weighted by molar-refractivity contribution is 9.11. The van der Waals surface area contributed by atoms with Gasteiger partial charge in [-0.2, -0.15) is 0 Å². The van der Waals surface area contributed by atoms with E-state index in [1.54, 1.807) is 29.8 Å². The third-order valence-electron chi connectivity index (χ3n) is 2.57. The van der Waals surface area contributed by atoms with Crippen molar-refractivity contribution in [2.24, 2.45) is 0 Å². The summed E-state index contributed by atoms with van der Waals surface area (Å²) in [6.45, 7) is 0. The fourth-order valence-corrected chi connectivity index (χ4v) is 4.44. The Morgan fingerprint density at radius 3 is 2.85 bits per heavy atom. The summed E-state index contributed by atoms with van der Waals surface area (Å²) in [6.07, 6.45) is 5.17. The zero-order valence-electron chi connectivity index (χ0n) is 9.95. The molecule has 0 saturated carbocycles. The van der Waals surface area contributed by atoms with Gasteiger partial charge in [-0.15, -0.1) is 11.3 Å². The van der Waals surface area contributed by atoms with Crippen molar-refractivity contribution in [3.05, 3.63) is 50.2 Å². The number of carbonyl (C=O) groups excluding carboxylic acids is 1. The van der Waals surface area contributed by atoms with Crippen molar-refractivity contribution in [2.75, 3.05) is 4.90 Å². The molecule has 2 aromatic heterocycles. The number of anilines is 1. The number of carbonyl (C=O) groups is 1. The van der Waals surface area contributed by atoms with E-state index in [0.29, 0.717) is 14.9 Å². The Labute approximate surface area is 137 Å². The highest BCUT2D eigenvalue weighted by Gasteiger charge is 2.33. The zero-order chi connectivity index (χ0) is 14.1. The number of thiocarbonyl (C=S) groups is 1. The molecule has 3 nitrogen and oxygen atoms in total. The minimum Gasteiger partial charge on any atom is -0.268 e. The van der Waals surface area contributed by atoms with Gasteiger partial charge >= 0.3 is 0 Å². The number of thioether (sulfide) groups is 1. The summed E-state index contributed by atoms with van der Waals surface area (Å²) in [5.74, 6) is -0.0995. The summed E-state index contributed by atoms with van der Waals surface area (Å²) in [5, 5.41) is 0. The highest BCUT2D eigenvalue weighted by Crippen LogP contribution is 2.36. The maximum Gasteiger partial charge on any atom is 0.270 e. The van der Waals surface area contributed by atoms with Crippen molar-refractivity contribution in [3.63, 3.8) is 0 Å². The van der Waals surface area contributed by atoms with Crippen molar-refractivity contribution in [2.45, 2.75) is 0 Å². The minimum absolute atomic E-state index is 0.0995. The quantitative estimate of drug-likeness (QED) is 0.572. The lowest BCUT2D eigenvalue weighted by Crippen LogP contribution is -2.27. The largest absolute Gasteiger partial charge is 0.270 e. The first-order chi connectivity index (χ1) is 9.65. The molecule has 0 radical (unpaired) electrons. The molecular weight excluding hydrogens is 376 g/mol. The average Bonchev–Trinajstić information content (AvgIpc) is 2.96. The summed E-state index contributed by atoms with van der Waals surface area (Å²) in [5.41, 5.74) is 0.700. The van der Waals surface area contributed by atoms with Gasteiger partial charge in [0.15, 0.2) is 4.32 Å². The van der Waals surface area contributed by atoms with Crippen molar-refractivity contribution in [1.82, 2.24) is 4.98 Å². The molecule has 0 N–H and O–H groups in total. The van der Waals surface area contributed by atoms with Crippen molar-refractivity contribution in [1.29, 1.82) is 0 Å². The molecule has 0 atom stereocenters. The minimum atomic E-state index is -0.0995. The number of hydrogen-bond donors (Lipinski definition) is 0. The Kier molecular flexibility index (Phi) is 4.02. The second kappa shape index (κ2) is 5.77. The standard InChI is InChI=1S/C13H7BrN2OS3/c14-11-4-3-9(19-11)6-10-12(17)16(13(18)20-10)8-2-1-5-15-7-8/h1-7H. The molecule has 1 aliphatic heterocycles. The lowest BCUT2D eigenvalue weighted by atomic mass is 10.3. The lowest BCUT2D eigenvalue weighted by molar-refractivity contribution is -0.113. The number of pyridine rings is 1. The fraction of sp³-hybridized carbons (Fsp3) is 0. The smallest absolute Gasteiger partial charge is 0.268 e. The van der Waals surface area contributed by atoms with E-state index in [-0.39, 0.29) is 5.91 Å². The van der Waals surface area contributed by atoms with E-state index in [1.165, 1.54) is 16.7 Å². The molecule has 0 aliphatic carbocycles. The van der Waals surface area contributed by atoms with Gasteiger partial charge in [0.05, 0.1) is 20.6 Å². The number of aromatic nitrogens is 1. The summed E-state index contributed by atoms with van der Waals surface area (Å²) in [6, 6.07) is 7.53. The van der Waals surface area contributed by atoms with Crippen LogP contribution in [0.15, 0.2) is 45.4 Å². The van der Waals surface area contributed by atoms with Crippen LogP contribution in [0, 0.1) is 0 Å². The third kappa shape index (κ3) is 2.71. The fourth-order valence-electron chi connectivity index (χ4n) is 1.71. The van der Waals surface area contributed by atoms with Gasteiger partial charge in [0.2, 0.25) is 0 Å². The first-order valence-electron chi connectivity index (χ1n) is 5.58. The summed E-state index contributed by atoms with van der Waals surface area (Å²) in [4.78, 5) is 19.6. The van der Waals surface area contributed by atoms with Gasteiger partial charge in [-0.05, 0) is 46.3 Å². The van der Waals surface area contributed by atoms with Crippen LogP contribution >= 0.6 is 51.2 Å². The Hall–Kier alpha value is -1.02. The second-order valence-corrected chi connectivity index (χ2v) is 8.04. The van der Waals surface area contributed by atoms with Crippen molar-refractivity contribution in [3.8, 4) is 0 Å². The molecule has 2 aromatic rings. The number of amides is 1. The SMILES string of the molecule is O=C1C(=Cc2ccc(Br)s2)SC(=S)N1c1cccnc1. The summed E-state index contributed by atoms with van der Waals surface area (Å²) < 4.78 is 1.57. The van der Waals surface area contributed by atoms with E-state index in [2.05, 4.69) is 20.9 Å². The van der Waals surface area contributed by atoms with E-state index >= 15 is 0 Å². The Morgan fingerprint density at radius 2 is 2.20 bits per heavy atom. The van der Waals surface area contributed by atoms with Crippen LogP contribution in [0.2, 0.25) is 0 Å². The summed E-state index contributed by atoms with van der Waals surface area (Å²) >= 11 is 11.6. The van der Waals surface area contributed by atoms with E-state index in [1.807, 2.05) is 24.3 Å².